The van der Waals surface area contributed by atoms with E-state index >= 15 is 0 Å². The van der Waals surface area contributed by atoms with Gasteiger partial charge < -0.3 is 5.32 Å². The van der Waals surface area contributed by atoms with Crippen molar-refractivity contribution in [2.45, 2.75) is 18.4 Å². The molecule has 3 atom stereocenters. The molecule has 110 valence electrons. The first-order chi connectivity index (χ1) is 10.8. The molecule has 1 aromatic heterocycles. The first-order valence-electron chi connectivity index (χ1n) is 7.36. The largest absolute Gasteiger partial charge is 0.372 e. The number of hydrogen-bond donors (Lipinski definition) is 1. The summed E-state index contributed by atoms with van der Waals surface area (Å²) in [4.78, 5) is 15.1. The monoisotopic (exact) mass is 293 g/mol. The Morgan fingerprint density at radius 3 is 2.82 bits per heavy atom. The third kappa shape index (κ3) is 1.89. The first-order valence-corrected chi connectivity index (χ1v) is 7.36. The third-order valence-electron chi connectivity index (χ3n) is 4.64. The van der Waals surface area contributed by atoms with E-state index in [0.717, 1.165) is 17.5 Å². The molecule has 5 nitrogen and oxygen atoms in total. The van der Waals surface area contributed by atoms with E-state index < -0.39 is 0 Å². The first kappa shape index (κ1) is 13.0. The Labute approximate surface area is 127 Å². The van der Waals surface area contributed by atoms with Gasteiger partial charge in [-0.05, 0) is 35.6 Å². The van der Waals surface area contributed by atoms with Crippen LogP contribution in [-0.2, 0) is 0 Å². The van der Waals surface area contributed by atoms with Gasteiger partial charge in [0.1, 0.15) is 5.69 Å². The molecule has 22 heavy (non-hydrogen) atoms. The van der Waals surface area contributed by atoms with Gasteiger partial charge in [-0.2, -0.15) is 0 Å². The van der Waals surface area contributed by atoms with E-state index in [-0.39, 0.29) is 22.6 Å². The van der Waals surface area contributed by atoms with Crippen LogP contribution in [0.1, 0.15) is 29.5 Å². The number of para-hydroxylation sites is 1. The van der Waals surface area contributed by atoms with Gasteiger partial charge in [0.05, 0.1) is 11.0 Å². The van der Waals surface area contributed by atoms with Crippen LogP contribution >= 0.6 is 0 Å². The molecule has 1 aliphatic heterocycles. The van der Waals surface area contributed by atoms with Gasteiger partial charge in [0.2, 0.25) is 0 Å². The van der Waals surface area contributed by atoms with Crippen LogP contribution in [0.15, 0.2) is 54.9 Å². The van der Waals surface area contributed by atoms with Gasteiger partial charge in [0.15, 0.2) is 0 Å². The lowest BCUT2D eigenvalue weighted by molar-refractivity contribution is -0.384. The quantitative estimate of drug-likeness (QED) is 0.519. The zero-order valence-corrected chi connectivity index (χ0v) is 11.8. The molecule has 0 unspecified atom stereocenters. The second-order valence-electron chi connectivity index (χ2n) is 5.75. The number of rotatable bonds is 2. The molecule has 2 heterocycles. The lowest BCUT2D eigenvalue weighted by atomic mass is 9.77. The van der Waals surface area contributed by atoms with Crippen LogP contribution in [-0.4, -0.2) is 9.91 Å². The van der Waals surface area contributed by atoms with Crippen molar-refractivity contribution in [2.75, 3.05) is 5.32 Å². The predicted octanol–water partition coefficient (Wildman–Crippen LogP) is 3.82. The Morgan fingerprint density at radius 1 is 1.23 bits per heavy atom. The maximum atomic E-state index is 11.3. The van der Waals surface area contributed by atoms with Gasteiger partial charge >= 0.3 is 0 Å². The minimum atomic E-state index is -0.311. The number of nitro groups is 1. The average molecular weight is 293 g/mol. The molecule has 0 saturated heterocycles. The summed E-state index contributed by atoms with van der Waals surface area (Å²) >= 11 is 0. The van der Waals surface area contributed by atoms with Crippen molar-refractivity contribution in [1.29, 1.82) is 0 Å². The number of hydrogen-bond acceptors (Lipinski definition) is 4. The standard InChI is InChI=1S/C17H15N3O2/c21-20(22)15-6-2-5-14-12-3-1-4-13(12)16(19-17(14)15)11-7-9-18-10-8-11/h1-3,5-10,12-13,16,19H,4H2/t12-,13-,16+/m0/s1. The second kappa shape index (κ2) is 4.94. The van der Waals surface area contributed by atoms with E-state index in [1.165, 1.54) is 0 Å². The summed E-state index contributed by atoms with van der Waals surface area (Å²) in [5, 5.41) is 14.8. The van der Waals surface area contributed by atoms with Crippen molar-refractivity contribution in [3.63, 3.8) is 0 Å². The summed E-state index contributed by atoms with van der Waals surface area (Å²) in [6.07, 6.45) is 8.88. The van der Waals surface area contributed by atoms with Crippen molar-refractivity contribution in [2.24, 2.45) is 5.92 Å². The van der Waals surface area contributed by atoms with E-state index in [4.69, 9.17) is 0 Å². The van der Waals surface area contributed by atoms with Gasteiger partial charge in [0, 0.05) is 24.4 Å². The summed E-state index contributed by atoms with van der Waals surface area (Å²) in [6, 6.07) is 9.35. The van der Waals surface area contributed by atoms with Crippen LogP contribution in [0.2, 0.25) is 0 Å². The number of benzene rings is 1. The minimum Gasteiger partial charge on any atom is -0.372 e. The van der Waals surface area contributed by atoms with Gasteiger partial charge in [0.25, 0.3) is 5.69 Å². The highest BCUT2D eigenvalue weighted by Gasteiger charge is 2.40. The maximum absolute atomic E-state index is 11.3. The highest BCUT2D eigenvalue weighted by molar-refractivity contribution is 5.71. The molecule has 1 aliphatic carbocycles. The fourth-order valence-electron chi connectivity index (χ4n) is 3.66. The van der Waals surface area contributed by atoms with E-state index in [1.54, 1.807) is 24.5 Å². The van der Waals surface area contributed by atoms with Crippen molar-refractivity contribution in [3.05, 3.63) is 76.1 Å². The summed E-state index contributed by atoms with van der Waals surface area (Å²) in [5.41, 5.74) is 2.95. The molecule has 0 bridgehead atoms. The SMILES string of the molecule is O=[N+]([O-])c1cccc2c1N[C@H](c1ccncc1)[C@H]1CC=C[C@H]21. The van der Waals surface area contributed by atoms with E-state index in [0.29, 0.717) is 11.6 Å². The number of pyridine rings is 1. The molecular formula is C17H15N3O2. The summed E-state index contributed by atoms with van der Waals surface area (Å²) in [6.45, 7) is 0. The topological polar surface area (TPSA) is 68.1 Å². The van der Waals surface area contributed by atoms with Crippen LogP contribution in [0, 0.1) is 16.0 Å². The minimum absolute atomic E-state index is 0.0663. The number of nitrogens with zero attached hydrogens (tertiary/aromatic N) is 2. The van der Waals surface area contributed by atoms with Gasteiger partial charge in [-0.1, -0.05) is 24.3 Å². The molecule has 1 aromatic carbocycles. The van der Waals surface area contributed by atoms with Crippen LogP contribution < -0.4 is 5.32 Å². The lowest BCUT2D eigenvalue weighted by Gasteiger charge is -2.37. The Kier molecular flexibility index (Phi) is 2.92. The van der Waals surface area contributed by atoms with Crippen LogP contribution in [0.3, 0.4) is 0 Å². The molecule has 0 saturated carbocycles. The fraction of sp³-hybridized carbons (Fsp3) is 0.235. The highest BCUT2D eigenvalue weighted by atomic mass is 16.6. The van der Waals surface area contributed by atoms with Crippen LogP contribution in [0.4, 0.5) is 11.4 Å². The molecule has 0 spiro atoms. The average Bonchev–Trinajstić information content (AvgIpc) is 3.04. The molecule has 0 radical (unpaired) electrons. The summed E-state index contributed by atoms with van der Waals surface area (Å²) in [5.74, 6) is 0.617. The Balaban J connectivity index is 1.85. The molecule has 2 aromatic rings. The zero-order valence-electron chi connectivity index (χ0n) is 11.8. The van der Waals surface area contributed by atoms with Crippen molar-refractivity contribution in [3.8, 4) is 0 Å². The van der Waals surface area contributed by atoms with Crippen LogP contribution in [0.25, 0.3) is 0 Å². The molecule has 2 aliphatic rings. The molecule has 1 N–H and O–H groups in total. The van der Waals surface area contributed by atoms with E-state index in [2.05, 4.69) is 22.5 Å². The summed E-state index contributed by atoms with van der Waals surface area (Å²) < 4.78 is 0. The smallest absolute Gasteiger partial charge is 0.292 e. The maximum Gasteiger partial charge on any atom is 0.292 e. The molecule has 4 rings (SSSR count). The van der Waals surface area contributed by atoms with E-state index in [9.17, 15) is 10.1 Å². The van der Waals surface area contributed by atoms with E-state index in [1.807, 2.05) is 18.2 Å². The molecular weight excluding hydrogens is 278 g/mol. The number of fused-ring (bicyclic) bond motifs is 3. The van der Waals surface area contributed by atoms with Gasteiger partial charge in [-0.25, -0.2) is 0 Å². The fourth-order valence-corrected chi connectivity index (χ4v) is 3.66. The normalized spacial score (nSPS) is 25.2. The number of nitro benzene ring substituents is 1. The lowest BCUT2D eigenvalue weighted by Crippen LogP contribution is -2.29. The number of anilines is 1. The third-order valence-corrected chi connectivity index (χ3v) is 4.64. The van der Waals surface area contributed by atoms with Crippen molar-refractivity contribution < 1.29 is 4.92 Å². The Bertz CT molecular complexity index is 758. The Hall–Kier alpha value is -2.69. The highest BCUT2D eigenvalue weighted by Crippen LogP contribution is 2.51. The molecule has 5 heteroatoms. The van der Waals surface area contributed by atoms with Crippen molar-refractivity contribution in [1.82, 2.24) is 4.98 Å². The molecule has 0 amide bonds. The number of allylic oxidation sites excluding steroid dienone is 2. The number of aromatic nitrogens is 1. The van der Waals surface area contributed by atoms with Gasteiger partial charge in [-0.3, -0.25) is 15.1 Å². The Morgan fingerprint density at radius 2 is 2.05 bits per heavy atom. The predicted molar refractivity (Wildman–Crippen MR) is 83.7 cm³/mol. The number of nitrogens with one attached hydrogen (secondary N) is 1. The molecule has 0 fully saturated rings. The van der Waals surface area contributed by atoms with Gasteiger partial charge in [-0.15, -0.1) is 0 Å². The van der Waals surface area contributed by atoms with Crippen molar-refractivity contribution >= 4 is 11.4 Å². The second-order valence-corrected chi connectivity index (χ2v) is 5.75. The summed E-state index contributed by atoms with van der Waals surface area (Å²) in [7, 11) is 0. The van der Waals surface area contributed by atoms with Crippen LogP contribution in [0.5, 0.6) is 0 Å². The zero-order chi connectivity index (χ0) is 15.1.